The zero-order valence-electron chi connectivity index (χ0n) is 35.9. The number of aromatic nitrogens is 4. The van der Waals surface area contributed by atoms with Crippen molar-refractivity contribution in [1.29, 1.82) is 0 Å². The minimum Gasteiger partial charge on any atom is -0.308 e. The first kappa shape index (κ1) is 36.9. The molecule has 4 heterocycles. The van der Waals surface area contributed by atoms with E-state index in [9.17, 15) is 0 Å². The molecule has 0 N–H and O–H groups in total. The van der Waals surface area contributed by atoms with Gasteiger partial charge < -0.3 is 4.40 Å². The minimum atomic E-state index is -2.89. The molecule has 4 aromatic heterocycles. The van der Waals surface area contributed by atoms with E-state index in [1.165, 1.54) is 74.9 Å². The molecule has 0 radical (unpaired) electrons. The van der Waals surface area contributed by atoms with E-state index >= 15 is 0 Å². The fourth-order valence-electron chi connectivity index (χ4n) is 11.4. The van der Waals surface area contributed by atoms with Crippen LogP contribution in [0.1, 0.15) is 0 Å². The van der Waals surface area contributed by atoms with Gasteiger partial charge in [-0.15, -0.1) is 0 Å². The van der Waals surface area contributed by atoms with Gasteiger partial charge in [0, 0.05) is 21.5 Å². The van der Waals surface area contributed by atoms with Gasteiger partial charge in [-0.25, -0.2) is 4.98 Å². The zero-order chi connectivity index (χ0) is 43.3. The Morgan fingerprint density at radius 3 is 1.33 bits per heavy atom. The number of fused-ring (bicyclic) bond motifs is 15. The largest absolute Gasteiger partial charge is 0.308 e. The first-order valence-corrected chi connectivity index (χ1v) is 24.7. The van der Waals surface area contributed by atoms with Crippen LogP contribution in [0.4, 0.5) is 0 Å². The topological polar surface area (TPSA) is 26.6 Å². The summed E-state index contributed by atoms with van der Waals surface area (Å²) in [6.07, 6.45) is 0. The lowest BCUT2D eigenvalue weighted by molar-refractivity contribution is 1.11. The summed E-state index contributed by atoms with van der Waals surface area (Å²) < 4.78 is 7.27. The lowest BCUT2D eigenvalue weighted by atomic mass is 10.00. The van der Waals surface area contributed by atoms with Crippen molar-refractivity contribution < 1.29 is 0 Å². The molecule has 4 nitrogen and oxygen atoms in total. The van der Waals surface area contributed by atoms with E-state index in [0.717, 1.165) is 39.0 Å². The maximum Gasteiger partial charge on any atom is 0.220 e. The molecule has 14 rings (SSSR count). The molecular formula is C61H40N4Si. The lowest BCUT2D eigenvalue weighted by Crippen LogP contribution is -2.74. The summed E-state index contributed by atoms with van der Waals surface area (Å²) in [6, 6.07) is 90.2. The standard InChI is InChI=1S/C61H40N4Si/c1-4-20-42(21-5-1)66(43-22-6-2-7-23-43,44-24-8-3-9-25-44)45-36-37-56-51(40-45)53-39-41(63-58-34-18-19-35-59(58)65-57-33-17-15-31-54(57)62-61(63)65)38-52-49-29-13-11-27-47(49)46-26-10-12-28-48(46)50-30-14-16-32-55(50)64(56)60(52)53/h1-40H. The third-order valence-electron chi connectivity index (χ3n) is 14.1. The van der Waals surface area contributed by atoms with Crippen molar-refractivity contribution in [1.82, 2.24) is 18.4 Å². The Bertz CT molecular complexity index is 4180. The third kappa shape index (κ3) is 5.11. The molecule has 0 saturated heterocycles. The molecule has 0 aliphatic heterocycles. The van der Waals surface area contributed by atoms with Gasteiger partial charge in [-0.05, 0) is 90.8 Å². The second-order valence-electron chi connectivity index (χ2n) is 17.5. The average molecular weight is 857 g/mol. The number of imidazole rings is 2. The van der Waals surface area contributed by atoms with Crippen molar-refractivity contribution in [3.63, 3.8) is 0 Å². The molecule has 66 heavy (non-hydrogen) atoms. The van der Waals surface area contributed by atoms with Gasteiger partial charge >= 0.3 is 0 Å². The number of rotatable bonds is 5. The second-order valence-corrected chi connectivity index (χ2v) is 21.3. The van der Waals surface area contributed by atoms with Crippen molar-refractivity contribution in [2.45, 2.75) is 0 Å². The third-order valence-corrected chi connectivity index (χ3v) is 18.9. The summed E-state index contributed by atoms with van der Waals surface area (Å²) in [4.78, 5) is 5.37. The maximum absolute atomic E-state index is 5.37. The van der Waals surface area contributed by atoms with E-state index in [1.54, 1.807) is 0 Å². The summed E-state index contributed by atoms with van der Waals surface area (Å²) >= 11 is 0. The van der Waals surface area contributed by atoms with Gasteiger partial charge in [-0.3, -0.25) is 8.97 Å². The highest BCUT2D eigenvalue weighted by Crippen LogP contribution is 2.41. The minimum absolute atomic E-state index is 0.893. The first-order chi connectivity index (χ1) is 32.8. The lowest BCUT2D eigenvalue weighted by Gasteiger charge is -2.34. The molecule has 14 aromatic rings. The number of hydrogen-bond donors (Lipinski definition) is 0. The van der Waals surface area contributed by atoms with Crippen LogP contribution in [0.25, 0.3) is 93.2 Å². The molecule has 0 fully saturated rings. The SMILES string of the molecule is c1ccc([Si](c2ccccc2)(c2ccccc2)c2ccc3c(c2)c2cc(-n4c5ccccc5n5c6ccccc6nc45)cc4c5ccccc5c5ccccc5c5ccccc5n3c42)cc1. The molecule has 0 atom stereocenters. The smallest absolute Gasteiger partial charge is 0.220 e. The van der Waals surface area contributed by atoms with Crippen molar-refractivity contribution >= 4 is 116 Å². The van der Waals surface area contributed by atoms with E-state index in [2.05, 4.69) is 256 Å². The molecular weight excluding hydrogens is 817 g/mol. The molecule has 0 saturated carbocycles. The Labute approximate surface area is 381 Å². The van der Waals surface area contributed by atoms with Gasteiger partial charge in [0.25, 0.3) is 0 Å². The monoisotopic (exact) mass is 856 g/mol. The first-order valence-electron chi connectivity index (χ1n) is 22.7. The Kier molecular flexibility index (Phi) is 7.97. The predicted molar refractivity (Wildman–Crippen MR) is 280 cm³/mol. The van der Waals surface area contributed by atoms with E-state index in [4.69, 9.17) is 4.98 Å². The van der Waals surface area contributed by atoms with Crippen LogP contribution in [0.3, 0.4) is 0 Å². The van der Waals surface area contributed by atoms with Crippen LogP contribution >= 0.6 is 0 Å². The molecule has 0 aliphatic carbocycles. The van der Waals surface area contributed by atoms with Crippen molar-refractivity contribution in [3.05, 3.63) is 243 Å². The van der Waals surface area contributed by atoms with Crippen LogP contribution in [0.5, 0.6) is 0 Å². The Hall–Kier alpha value is -8.51. The summed E-state index contributed by atoms with van der Waals surface area (Å²) in [7, 11) is -2.89. The van der Waals surface area contributed by atoms with Crippen molar-refractivity contribution in [3.8, 4) is 5.69 Å². The second kappa shape index (κ2) is 14.2. The Balaban J connectivity index is 1.24. The number of benzene rings is 10. The van der Waals surface area contributed by atoms with E-state index in [-0.39, 0.29) is 0 Å². The molecule has 0 amide bonds. The van der Waals surface area contributed by atoms with Crippen LogP contribution in [0, 0.1) is 0 Å². The maximum atomic E-state index is 5.37. The predicted octanol–water partition coefficient (Wildman–Crippen LogP) is 12.4. The van der Waals surface area contributed by atoms with Gasteiger partial charge in [0.1, 0.15) is 0 Å². The summed E-state index contributed by atoms with van der Waals surface area (Å²) in [5.41, 5.74) is 8.88. The van der Waals surface area contributed by atoms with Crippen LogP contribution in [0.15, 0.2) is 243 Å². The summed E-state index contributed by atoms with van der Waals surface area (Å²) in [6.45, 7) is 0. The van der Waals surface area contributed by atoms with Gasteiger partial charge in [0.15, 0.2) is 8.07 Å². The highest BCUT2D eigenvalue weighted by molar-refractivity contribution is 7.20. The van der Waals surface area contributed by atoms with Crippen LogP contribution in [0.2, 0.25) is 0 Å². The highest BCUT2D eigenvalue weighted by Gasteiger charge is 2.41. The summed E-state index contributed by atoms with van der Waals surface area (Å²) in [5.74, 6) is 0.893. The summed E-state index contributed by atoms with van der Waals surface area (Å²) in [5, 5.41) is 15.0. The zero-order valence-corrected chi connectivity index (χ0v) is 36.9. The van der Waals surface area contributed by atoms with E-state index in [0.29, 0.717) is 0 Å². The Morgan fingerprint density at radius 1 is 0.288 bits per heavy atom. The van der Waals surface area contributed by atoms with Gasteiger partial charge in [-0.1, -0.05) is 194 Å². The molecule has 0 unspecified atom stereocenters. The quantitative estimate of drug-likeness (QED) is 0.125. The van der Waals surface area contributed by atoms with Crippen LogP contribution < -0.4 is 20.7 Å². The van der Waals surface area contributed by atoms with E-state index < -0.39 is 8.07 Å². The van der Waals surface area contributed by atoms with Crippen LogP contribution in [-0.2, 0) is 0 Å². The van der Waals surface area contributed by atoms with Crippen molar-refractivity contribution in [2.24, 2.45) is 0 Å². The fourth-order valence-corrected chi connectivity index (χ4v) is 16.2. The molecule has 10 aromatic carbocycles. The highest BCUT2D eigenvalue weighted by atomic mass is 28.3. The average Bonchev–Trinajstić information content (AvgIpc) is 4.04. The van der Waals surface area contributed by atoms with E-state index in [1.807, 2.05) is 0 Å². The normalized spacial score (nSPS) is 12.2. The number of hydrogen-bond acceptors (Lipinski definition) is 1. The molecule has 0 bridgehead atoms. The van der Waals surface area contributed by atoms with Gasteiger partial charge in [0.05, 0.1) is 44.3 Å². The van der Waals surface area contributed by atoms with Crippen molar-refractivity contribution in [2.75, 3.05) is 0 Å². The van der Waals surface area contributed by atoms with Gasteiger partial charge in [0.2, 0.25) is 5.78 Å². The molecule has 5 heteroatoms. The fraction of sp³-hybridized carbons (Fsp3) is 0. The van der Waals surface area contributed by atoms with Crippen LogP contribution in [-0.4, -0.2) is 26.4 Å². The number of nitrogens with zero attached hydrogens (tertiary/aromatic N) is 4. The molecule has 0 spiro atoms. The number of para-hydroxylation sites is 5. The van der Waals surface area contributed by atoms with Gasteiger partial charge in [-0.2, -0.15) is 0 Å². The molecule has 308 valence electrons. The molecule has 0 aliphatic rings. The Morgan fingerprint density at radius 2 is 0.727 bits per heavy atom.